The lowest BCUT2D eigenvalue weighted by Gasteiger charge is -2.13. The van der Waals surface area contributed by atoms with Crippen LogP contribution in [0.3, 0.4) is 0 Å². The van der Waals surface area contributed by atoms with Crippen LogP contribution in [-0.4, -0.2) is 37.7 Å². The van der Waals surface area contributed by atoms with Crippen molar-refractivity contribution in [2.75, 3.05) is 13.1 Å². The van der Waals surface area contributed by atoms with Gasteiger partial charge in [-0.25, -0.2) is 17.9 Å². The number of carbonyl (C=O) groups is 1. The Labute approximate surface area is 149 Å². The molecule has 4 N–H and O–H groups in total. The highest BCUT2D eigenvalue weighted by Gasteiger charge is 2.32. The molecule has 0 spiro atoms. The number of aliphatic hydroxyl groups is 1. The largest absolute Gasteiger partial charge is 0.478 e. The average Bonchev–Trinajstić information content (AvgIpc) is 3.01. The molecule has 1 aliphatic rings. The summed E-state index contributed by atoms with van der Waals surface area (Å²) in [5, 5.41) is 22.7. The van der Waals surface area contributed by atoms with E-state index in [-0.39, 0.29) is 16.3 Å². The first-order chi connectivity index (χ1) is 11.9. The number of fused-ring (bicyclic) bond motifs is 1. The molecule has 0 saturated heterocycles. The van der Waals surface area contributed by atoms with Gasteiger partial charge in [0, 0.05) is 18.0 Å². The molecule has 3 rings (SSSR count). The number of carboxylic acids is 1. The summed E-state index contributed by atoms with van der Waals surface area (Å²) in [6, 6.07) is 8.67. The molecule has 25 heavy (non-hydrogen) atoms. The molecule has 7 nitrogen and oxygen atoms in total. The molecule has 1 atom stereocenters. The van der Waals surface area contributed by atoms with Crippen molar-refractivity contribution in [3.63, 3.8) is 0 Å². The van der Waals surface area contributed by atoms with Crippen LogP contribution < -0.4 is 10.0 Å². The lowest BCUT2D eigenvalue weighted by molar-refractivity contribution is 0.0692. The Morgan fingerprint density at radius 1 is 1.32 bits per heavy atom. The zero-order valence-corrected chi connectivity index (χ0v) is 14.9. The first-order valence-corrected chi connectivity index (χ1v) is 10.0. The second-order valence-electron chi connectivity index (χ2n) is 5.68. The zero-order valence-electron chi connectivity index (χ0n) is 13.2. The third-order valence-corrected chi connectivity index (χ3v) is 7.18. The predicted molar refractivity (Wildman–Crippen MR) is 93.3 cm³/mol. The van der Waals surface area contributed by atoms with E-state index in [0.717, 1.165) is 16.2 Å². The Kier molecular flexibility index (Phi) is 5.21. The van der Waals surface area contributed by atoms with E-state index in [1.165, 1.54) is 0 Å². The third-order valence-electron chi connectivity index (χ3n) is 4.00. The van der Waals surface area contributed by atoms with Crippen molar-refractivity contribution < 1.29 is 23.4 Å². The average molecular weight is 382 g/mol. The van der Waals surface area contributed by atoms with Crippen LogP contribution in [0.15, 0.2) is 34.5 Å². The highest BCUT2D eigenvalue weighted by molar-refractivity contribution is 7.91. The Hall–Kier alpha value is -1.78. The van der Waals surface area contributed by atoms with Crippen LogP contribution in [0, 0.1) is 0 Å². The maximum atomic E-state index is 12.6. The summed E-state index contributed by atoms with van der Waals surface area (Å²) in [6.45, 7) is 0.846. The maximum absolute atomic E-state index is 12.6. The van der Waals surface area contributed by atoms with Crippen LogP contribution in [0.1, 0.15) is 32.5 Å². The second-order valence-corrected chi connectivity index (χ2v) is 8.74. The van der Waals surface area contributed by atoms with Crippen LogP contribution >= 0.6 is 11.3 Å². The highest BCUT2D eigenvalue weighted by Crippen LogP contribution is 2.34. The summed E-state index contributed by atoms with van der Waals surface area (Å²) in [5.41, 5.74) is 1.02. The molecule has 0 amide bonds. The number of hydrogen-bond acceptors (Lipinski definition) is 6. The molecule has 1 aliphatic heterocycles. The normalized spacial score (nSPS) is 15.6. The van der Waals surface area contributed by atoms with Gasteiger partial charge < -0.3 is 15.5 Å². The van der Waals surface area contributed by atoms with Crippen molar-refractivity contribution in [2.24, 2.45) is 0 Å². The van der Waals surface area contributed by atoms with Crippen molar-refractivity contribution in [1.29, 1.82) is 0 Å². The Bertz CT molecular complexity index is 877. The van der Waals surface area contributed by atoms with E-state index in [9.17, 15) is 23.4 Å². The molecule has 1 aromatic heterocycles. The van der Waals surface area contributed by atoms with Crippen LogP contribution in [0.5, 0.6) is 0 Å². The van der Waals surface area contributed by atoms with Gasteiger partial charge in [-0.2, -0.15) is 0 Å². The summed E-state index contributed by atoms with van der Waals surface area (Å²) < 4.78 is 27.4. The Morgan fingerprint density at radius 3 is 2.72 bits per heavy atom. The van der Waals surface area contributed by atoms with Gasteiger partial charge in [-0.3, -0.25) is 0 Å². The van der Waals surface area contributed by atoms with Crippen LogP contribution in [0.25, 0.3) is 0 Å². The van der Waals surface area contributed by atoms with E-state index in [4.69, 9.17) is 0 Å². The van der Waals surface area contributed by atoms with E-state index < -0.39 is 22.1 Å². The van der Waals surface area contributed by atoms with Gasteiger partial charge in [0.2, 0.25) is 0 Å². The molecule has 0 bridgehead atoms. The second kappa shape index (κ2) is 7.22. The van der Waals surface area contributed by atoms with Crippen LogP contribution in [-0.2, 0) is 23.0 Å². The minimum Gasteiger partial charge on any atom is -0.478 e. The number of carboxylic acid groups (broad SMARTS) is 1. The smallest absolute Gasteiger partial charge is 0.338 e. The van der Waals surface area contributed by atoms with Crippen molar-refractivity contribution in [2.45, 2.75) is 23.3 Å². The number of nitrogens with one attached hydrogen (secondary N) is 2. The van der Waals surface area contributed by atoms with Gasteiger partial charge in [0.15, 0.2) is 0 Å². The molecule has 0 saturated carbocycles. The lowest BCUT2D eigenvalue weighted by Crippen LogP contribution is -2.29. The standard InChI is InChI=1S/C16H18N2O5S2/c19-12(10-4-2-1-3-5-10)8-18-25(22,23)16-14(15(20)21)11-6-7-17-9-13(11)24-16/h1-5,12,17-19H,6-9H2,(H,20,21)/t12-/m0/s1. The van der Waals surface area contributed by atoms with Gasteiger partial charge >= 0.3 is 5.97 Å². The summed E-state index contributed by atoms with van der Waals surface area (Å²) in [5.74, 6) is -1.25. The number of rotatable bonds is 6. The Balaban J connectivity index is 1.85. The van der Waals surface area contributed by atoms with Gasteiger partial charge in [0.05, 0.1) is 11.7 Å². The quantitative estimate of drug-likeness (QED) is 0.595. The topological polar surface area (TPSA) is 116 Å². The number of benzene rings is 1. The fraction of sp³-hybridized carbons (Fsp3) is 0.312. The van der Waals surface area contributed by atoms with Gasteiger partial charge in [-0.05, 0) is 24.1 Å². The summed E-state index contributed by atoms with van der Waals surface area (Å²) >= 11 is 0.969. The van der Waals surface area contributed by atoms with Crippen molar-refractivity contribution in [3.8, 4) is 0 Å². The first kappa shape index (κ1) is 18.0. The molecular weight excluding hydrogens is 364 g/mol. The van der Waals surface area contributed by atoms with E-state index in [0.29, 0.717) is 30.6 Å². The van der Waals surface area contributed by atoms with Crippen molar-refractivity contribution in [3.05, 3.63) is 51.9 Å². The van der Waals surface area contributed by atoms with Crippen LogP contribution in [0.4, 0.5) is 0 Å². The molecular formula is C16H18N2O5S2. The fourth-order valence-electron chi connectivity index (χ4n) is 2.76. The molecule has 0 unspecified atom stereocenters. The van der Waals surface area contributed by atoms with Crippen LogP contribution in [0.2, 0.25) is 0 Å². The predicted octanol–water partition coefficient (Wildman–Crippen LogP) is 1.10. The van der Waals surface area contributed by atoms with E-state index in [1.54, 1.807) is 30.3 Å². The molecule has 2 aromatic rings. The van der Waals surface area contributed by atoms with E-state index in [2.05, 4.69) is 10.0 Å². The zero-order chi connectivity index (χ0) is 18.0. The number of thiophene rings is 1. The van der Waals surface area contributed by atoms with Crippen molar-refractivity contribution >= 4 is 27.3 Å². The fourth-order valence-corrected chi connectivity index (χ4v) is 5.71. The molecule has 0 fully saturated rings. The number of hydrogen-bond donors (Lipinski definition) is 4. The van der Waals surface area contributed by atoms with Gasteiger partial charge in [0.1, 0.15) is 4.21 Å². The monoisotopic (exact) mass is 382 g/mol. The highest BCUT2D eigenvalue weighted by atomic mass is 32.2. The number of aliphatic hydroxyl groups excluding tert-OH is 1. The van der Waals surface area contributed by atoms with Gasteiger partial charge in [-0.15, -0.1) is 11.3 Å². The minimum atomic E-state index is -4.03. The van der Waals surface area contributed by atoms with Crippen molar-refractivity contribution in [1.82, 2.24) is 10.0 Å². The molecule has 0 aliphatic carbocycles. The molecule has 9 heteroatoms. The maximum Gasteiger partial charge on any atom is 0.338 e. The molecule has 2 heterocycles. The molecule has 134 valence electrons. The van der Waals surface area contributed by atoms with E-state index in [1.807, 2.05) is 0 Å². The van der Waals surface area contributed by atoms with Gasteiger partial charge in [-0.1, -0.05) is 30.3 Å². The van der Waals surface area contributed by atoms with Gasteiger partial charge in [0.25, 0.3) is 10.0 Å². The summed E-state index contributed by atoms with van der Waals surface area (Å²) in [6.07, 6.45) is -0.532. The summed E-state index contributed by atoms with van der Waals surface area (Å²) in [7, 11) is -4.03. The number of aromatic carboxylic acids is 1. The Morgan fingerprint density at radius 2 is 2.04 bits per heavy atom. The SMILES string of the molecule is O=C(O)c1c(S(=O)(=O)NC[C@H](O)c2ccccc2)sc2c1CCNC2. The molecule has 1 aromatic carbocycles. The third kappa shape index (κ3) is 3.75. The first-order valence-electron chi connectivity index (χ1n) is 7.71. The number of sulfonamides is 1. The molecule has 0 radical (unpaired) electrons. The lowest BCUT2D eigenvalue weighted by atomic mass is 10.1. The summed E-state index contributed by atoms with van der Waals surface area (Å²) in [4.78, 5) is 12.3. The minimum absolute atomic E-state index is 0.150. The van der Waals surface area contributed by atoms with E-state index >= 15 is 0 Å².